The molecule has 0 aliphatic heterocycles. The van der Waals surface area contributed by atoms with Crippen molar-refractivity contribution < 1.29 is 4.74 Å². The summed E-state index contributed by atoms with van der Waals surface area (Å²) in [6, 6.07) is 15.7. The first-order chi connectivity index (χ1) is 9.79. The summed E-state index contributed by atoms with van der Waals surface area (Å²) in [6.07, 6.45) is 3.66. The summed E-state index contributed by atoms with van der Waals surface area (Å²) < 4.78 is 6.06. The number of anilines is 1. The van der Waals surface area contributed by atoms with Crippen LogP contribution in [0.2, 0.25) is 0 Å². The third-order valence-corrected chi connectivity index (χ3v) is 3.81. The van der Waals surface area contributed by atoms with Crippen LogP contribution < -0.4 is 10.5 Å². The molecule has 3 rings (SSSR count). The number of hydrogen-bond acceptors (Lipinski definition) is 4. The minimum absolute atomic E-state index is 0.541. The number of pyridine rings is 1. The van der Waals surface area contributed by atoms with Gasteiger partial charge < -0.3 is 10.5 Å². The largest absolute Gasteiger partial charge is 0.453 e. The van der Waals surface area contributed by atoms with E-state index in [0.29, 0.717) is 11.4 Å². The lowest BCUT2D eigenvalue weighted by molar-refractivity contribution is 0.478. The van der Waals surface area contributed by atoms with Crippen molar-refractivity contribution in [2.24, 2.45) is 0 Å². The molecule has 0 aliphatic rings. The second kappa shape index (κ2) is 5.43. The molecule has 0 saturated heterocycles. The van der Waals surface area contributed by atoms with Crippen LogP contribution in [0.15, 0.2) is 59.6 Å². The number of nitrogens with two attached hydrogens (primary N) is 1. The number of para-hydroxylation sites is 2. The highest BCUT2D eigenvalue weighted by Gasteiger charge is 2.10. The molecule has 0 radical (unpaired) electrons. The zero-order valence-electron chi connectivity index (χ0n) is 11.0. The molecule has 3 aromatic rings. The van der Waals surface area contributed by atoms with E-state index >= 15 is 0 Å². The Morgan fingerprint density at radius 3 is 2.65 bits per heavy atom. The molecule has 2 N–H and O–H groups in total. The molecule has 0 spiro atoms. The van der Waals surface area contributed by atoms with Crippen LogP contribution in [-0.4, -0.2) is 11.2 Å². The fourth-order valence-electron chi connectivity index (χ4n) is 2.06. The van der Waals surface area contributed by atoms with Gasteiger partial charge in [-0.05, 0) is 30.5 Å². The Balaban J connectivity index is 2.13. The van der Waals surface area contributed by atoms with E-state index < -0.39 is 0 Å². The Bertz CT molecular complexity index is 758. The van der Waals surface area contributed by atoms with E-state index in [9.17, 15) is 0 Å². The summed E-state index contributed by atoms with van der Waals surface area (Å²) >= 11 is 1.64. The molecule has 0 saturated carbocycles. The Kier molecular flexibility index (Phi) is 3.48. The van der Waals surface area contributed by atoms with Crippen LogP contribution in [-0.2, 0) is 0 Å². The van der Waals surface area contributed by atoms with Gasteiger partial charge in [-0.2, -0.15) is 0 Å². The number of fused-ring (bicyclic) bond motifs is 1. The van der Waals surface area contributed by atoms with Crippen LogP contribution in [0.3, 0.4) is 0 Å². The zero-order valence-corrected chi connectivity index (χ0v) is 11.9. The second-order valence-corrected chi connectivity index (χ2v) is 5.16. The van der Waals surface area contributed by atoms with Gasteiger partial charge in [-0.1, -0.05) is 24.3 Å². The first-order valence-electron chi connectivity index (χ1n) is 6.23. The zero-order chi connectivity index (χ0) is 13.9. The van der Waals surface area contributed by atoms with Crippen molar-refractivity contribution in [2.45, 2.75) is 4.90 Å². The summed E-state index contributed by atoms with van der Waals surface area (Å²) in [4.78, 5) is 5.39. The number of hydrogen-bond donors (Lipinski definition) is 1. The molecule has 2 aromatic carbocycles. The first kappa shape index (κ1) is 12.8. The van der Waals surface area contributed by atoms with Crippen LogP contribution in [0.5, 0.6) is 11.5 Å². The smallest absolute Gasteiger partial charge is 0.161 e. The Hall–Kier alpha value is -2.20. The molecule has 100 valence electrons. The molecular formula is C16H14N2OS. The molecule has 0 aliphatic carbocycles. The van der Waals surface area contributed by atoms with E-state index in [-0.39, 0.29) is 0 Å². The maximum Gasteiger partial charge on any atom is 0.161 e. The summed E-state index contributed by atoms with van der Waals surface area (Å²) in [6.45, 7) is 0. The Labute approximate surface area is 121 Å². The van der Waals surface area contributed by atoms with Crippen molar-refractivity contribution in [3.63, 3.8) is 0 Å². The third-order valence-electron chi connectivity index (χ3n) is 3.03. The lowest BCUT2D eigenvalue weighted by atomic mass is 10.2. The van der Waals surface area contributed by atoms with Crippen LogP contribution in [0.4, 0.5) is 5.69 Å². The molecular weight excluding hydrogens is 268 g/mol. The molecule has 20 heavy (non-hydrogen) atoms. The van der Waals surface area contributed by atoms with Gasteiger partial charge in [0.15, 0.2) is 5.75 Å². The fourth-order valence-corrected chi connectivity index (χ4v) is 2.58. The Morgan fingerprint density at radius 2 is 1.80 bits per heavy atom. The average Bonchev–Trinajstić information content (AvgIpc) is 2.50. The number of aromatic nitrogens is 1. The van der Waals surface area contributed by atoms with Crippen molar-refractivity contribution in [1.82, 2.24) is 4.98 Å². The normalized spacial score (nSPS) is 10.7. The van der Waals surface area contributed by atoms with Crippen LogP contribution in [0.1, 0.15) is 0 Å². The number of ether oxygens (including phenoxy) is 1. The molecule has 0 amide bonds. The molecule has 3 nitrogen and oxygen atoms in total. The van der Waals surface area contributed by atoms with Crippen molar-refractivity contribution >= 4 is 28.4 Å². The minimum atomic E-state index is 0.541. The second-order valence-electron chi connectivity index (χ2n) is 4.31. The molecule has 1 heterocycles. The van der Waals surface area contributed by atoms with Crippen molar-refractivity contribution in [1.29, 1.82) is 0 Å². The van der Waals surface area contributed by atoms with E-state index in [4.69, 9.17) is 10.5 Å². The van der Waals surface area contributed by atoms with Crippen LogP contribution >= 0.6 is 11.8 Å². The van der Waals surface area contributed by atoms with Gasteiger partial charge in [-0.25, -0.2) is 0 Å². The standard InChI is InChI=1S/C16H14N2OS/c1-20-15-9-5-4-8-14(15)19-16-11-6-2-3-7-13(11)18-10-12(16)17/h2-10H,17H2,1H3. The van der Waals surface area contributed by atoms with Crippen LogP contribution in [0.25, 0.3) is 10.9 Å². The number of benzene rings is 2. The average molecular weight is 282 g/mol. The van der Waals surface area contributed by atoms with E-state index in [1.165, 1.54) is 0 Å². The fraction of sp³-hybridized carbons (Fsp3) is 0.0625. The van der Waals surface area contributed by atoms with Gasteiger partial charge in [0.25, 0.3) is 0 Å². The van der Waals surface area contributed by atoms with Gasteiger partial charge in [0.1, 0.15) is 5.75 Å². The van der Waals surface area contributed by atoms with E-state index in [0.717, 1.165) is 21.5 Å². The highest BCUT2D eigenvalue weighted by molar-refractivity contribution is 7.98. The van der Waals surface area contributed by atoms with Crippen molar-refractivity contribution in [3.8, 4) is 11.5 Å². The lowest BCUT2D eigenvalue weighted by Gasteiger charge is -2.13. The quantitative estimate of drug-likeness (QED) is 0.726. The number of rotatable bonds is 3. The SMILES string of the molecule is CSc1ccccc1Oc1c(N)cnc2ccccc12. The number of nitrogens with zero attached hydrogens (tertiary/aromatic N) is 1. The van der Waals surface area contributed by atoms with Gasteiger partial charge in [-0.15, -0.1) is 11.8 Å². The monoisotopic (exact) mass is 282 g/mol. The van der Waals surface area contributed by atoms with Crippen molar-refractivity contribution in [2.75, 3.05) is 12.0 Å². The predicted molar refractivity (Wildman–Crippen MR) is 84.5 cm³/mol. The highest BCUT2D eigenvalue weighted by Crippen LogP contribution is 2.37. The minimum Gasteiger partial charge on any atom is -0.453 e. The van der Waals surface area contributed by atoms with Crippen LogP contribution in [0, 0.1) is 0 Å². The van der Waals surface area contributed by atoms with Crippen molar-refractivity contribution in [3.05, 3.63) is 54.7 Å². The Morgan fingerprint density at radius 1 is 1.05 bits per heavy atom. The first-order valence-corrected chi connectivity index (χ1v) is 7.46. The molecule has 1 aromatic heterocycles. The van der Waals surface area contributed by atoms with Gasteiger partial charge in [0.2, 0.25) is 0 Å². The maximum atomic E-state index is 6.06. The summed E-state index contributed by atoms with van der Waals surface area (Å²) in [5, 5.41) is 0.920. The van der Waals surface area contributed by atoms with Gasteiger partial charge >= 0.3 is 0 Å². The third kappa shape index (κ3) is 2.30. The van der Waals surface area contributed by atoms with Gasteiger partial charge in [0, 0.05) is 10.3 Å². The molecule has 0 atom stereocenters. The topological polar surface area (TPSA) is 48.1 Å². The predicted octanol–water partition coefficient (Wildman–Crippen LogP) is 4.33. The van der Waals surface area contributed by atoms with E-state index in [1.54, 1.807) is 18.0 Å². The van der Waals surface area contributed by atoms with Gasteiger partial charge in [0.05, 0.1) is 17.4 Å². The lowest BCUT2D eigenvalue weighted by Crippen LogP contribution is -1.95. The van der Waals surface area contributed by atoms with Gasteiger partial charge in [-0.3, -0.25) is 4.98 Å². The number of nitrogen functional groups attached to an aromatic ring is 1. The molecule has 0 fully saturated rings. The summed E-state index contributed by atoms with van der Waals surface area (Å²) in [5.74, 6) is 1.47. The molecule has 4 heteroatoms. The summed E-state index contributed by atoms with van der Waals surface area (Å²) in [5.41, 5.74) is 7.45. The van der Waals surface area contributed by atoms with E-state index in [2.05, 4.69) is 4.98 Å². The molecule has 0 unspecified atom stereocenters. The van der Waals surface area contributed by atoms with E-state index in [1.807, 2.05) is 54.8 Å². The highest BCUT2D eigenvalue weighted by atomic mass is 32.2. The summed E-state index contributed by atoms with van der Waals surface area (Å²) in [7, 11) is 0. The molecule has 0 bridgehead atoms. The maximum absolute atomic E-state index is 6.06. The number of thioether (sulfide) groups is 1.